The molecule has 1 fully saturated rings. The molecule has 2 N–H and O–H groups in total. The van der Waals surface area contributed by atoms with Crippen molar-refractivity contribution in [1.82, 2.24) is 5.32 Å². The van der Waals surface area contributed by atoms with Crippen LogP contribution in [0.5, 0.6) is 0 Å². The molecule has 2 rings (SSSR count). The molecule has 0 spiro atoms. The fourth-order valence-corrected chi connectivity index (χ4v) is 3.43. The molecule has 0 aliphatic heterocycles. The Morgan fingerprint density at radius 1 is 1.29 bits per heavy atom. The molecule has 3 atom stereocenters. The van der Waals surface area contributed by atoms with E-state index in [-0.39, 0.29) is 0 Å². The minimum absolute atomic E-state index is 0.302. The van der Waals surface area contributed by atoms with Crippen LogP contribution in [0.3, 0.4) is 0 Å². The van der Waals surface area contributed by atoms with E-state index in [4.69, 9.17) is 5.11 Å². The average Bonchev–Trinajstić information content (AvgIpc) is 2.99. The summed E-state index contributed by atoms with van der Waals surface area (Å²) in [6, 6.07) is 1.21. The normalized spacial score (nSPS) is 31.2. The van der Waals surface area contributed by atoms with Gasteiger partial charge in [-0.15, -0.1) is 0 Å². The van der Waals surface area contributed by atoms with Crippen molar-refractivity contribution < 1.29 is 5.11 Å². The van der Waals surface area contributed by atoms with Crippen LogP contribution in [0.2, 0.25) is 0 Å². The maximum Gasteiger partial charge on any atom is 0.0494 e. The van der Waals surface area contributed by atoms with E-state index in [9.17, 15) is 0 Å². The molecule has 2 aliphatic carbocycles. The second-order valence-electron chi connectivity index (χ2n) is 5.78. The van der Waals surface area contributed by atoms with Gasteiger partial charge in [-0.05, 0) is 31.6 Å². The van der Waals surface area contributed by atoms with Crippen LogP contribution >= 0.6 is 0 Å². The molecule has 2 aliphatic rings. The highest BCUT2D eigenvalue weighted by Crippen LogP contribution is 2.30. The minimum Gasteiger partial charge on any atom is -0.396 e. The molecule has 0 radical (unpaired) electrons. The van der Waals surface area contributed by atoms with E-state index in [1.54, 1.807) is 0 Å². The summed E-state index contributed by atoms with van der Waals surface area (Å²) in [6.07, 6.45) is 13.8. The standard InChI is InChI=1S/C15H27NO/c1-2-5-15(13-6-3-4-7-13)16-14-9-8-12(10-14)11-17/h8-9,12-17H,2-7,10-11H2,1H3/t12-,14+,15?/m0/s1. The molecule has 0 heterocycles. The van der Waals surface area contributed by atoms with Crippen LogP contribution in [-0.2, 0) is 0 Å². The molecule has 0 aromatic carbocycles. The van der Waals surface area contributed by atoms with Crippen LogP contribution in [-0.4, -0.2) is 23.8 Å². The van der Waals surface area contributed by atoms with E-state index < -0.39 is 0 Å². The molecular formula is C15H27NO. The van der Waals surface area contributed by atoms with Crippen molar-refractivity contribution in [2.24, 2.45) is 11.8 Å². The Labute approximate surface area is 105 Å². The van der Waals surface area contributed by atoms with Crippen molar-refractivity contribution in [1.29, 1.82) is 0 Å². The third kappa shape index (κ3) is 3.56. The third-order valence-corrected chi connectivity index (χ3v) is 4.40. The highest BCUT2D eigenvalue weighted by atomic mass is 16.3. The first-order chi connectivity index (χ1) is 8.33. The van der Waals surface area contributed by atoms with Gasteiger partial charge in [0.05, 0.1) is 0 Å². The van der Waals surface area contributed by atoms with E-state index in [0.29, 0.717) is 24.6 Å². The SMILES string of the molecule is CCCC(N[C@@H]1C=C[C@H](CO)C1)C1CCCC1. The molecule has 1 unspecified atom stereocenters. The van der Waals surface area contributed by atoms with Crippen molar-refractivity contribution in [2.75, 3.05) is 6.61 Å². The van der Waals surface area contributed by atoms with Gasteiger partial charge in [0.2, 0.25) is 0 Å². The average molecular weight is 237 g/mol. The fourth-order valence-electron chi connectivity index (χ4n) is 3.43. The zero-order valence-electron chi connectivity index (χ0n) is 11.1. The van der Waals surface area contributed by atoms with E-state index in [2.05, 4.69) is 24.4 Å². The van der Waals surface area contributed by atoms with E-state index >= 15 is 0 Å². The van der Waals surface area contributed by atoms with Gasteiger partial charge in [-0.2, -0.15) is 0 Å². The van der Waals surface area contributed by atoms with Gasteiger partial charge in [-0.1, -0.05) is 38.3 Å². The number of hydrogen-bond acceptors (Lipinski definition) is 2. The molecule has 0 saturated heterocycles. The van der Waals surface area contributed by atoms with Crippen LogP contribution in [0.4, 0.5) is 0 Å². The highest BCUT2D eigenvalue weighted by molar-refractivity contribution is 5.06. The molecule has 1 saturated carbocycles. The lowest BCUT2D eigenvalue weighted by molar-refractivity contribution is 0.239. The fraction of sp³-hybridized carbons (Fsp3) is 0.867. The molecular weight excluding hydrogens is 210 g/mol. The van der Waals surface area contributed by atoms with Gasteiger partial charge in [-0.3, -0.25) is 0 Å². The second-order valence-corrected chi connectivity index (χ2v) is 5.78. The zero-order chi connectivity index (χ0) is 12.1. The van der Waals surface area contributed by atoms with E-state index in [1.165, 1.54) is 38.5 Å². The Morgan fingerprint density at radius 2 is 2.06 bits per heavy atom. The number of aliphatic hydroxyl groups excluding tert-OH is 1. The Hall–Kier alpha value is -0.340. The van der Waals surface area contributed by atoms with Crippen LogP contribution in [0, 0.1) is 11.8 Å². The van der Waals surface area contributed by atoms with Crippen molar-refractivity contribution >= 4 is 0 Å². The van der Waals surface area contributed by atoms with Crippen LogP contribution in [0.25, 0.3) is 0 Å². The number of rotatable bonds is 6. The monoisotopic (exact) mass is 237 g/mol. The van der Waals surface area contributed by atoms with Gasteiger partial charge in [0.25, 0.3) is 0 Å². The summed E-state index contributed by atoms with van der Waals surface area (Å²) < 4.78 is 0. The van der Waals surface area contributed by atoms with E-state index in [0.717, 1.165) is 12.3 Å². The molecule has 2 heteroatoms. The van der Waals surface area contributed by atoms with Gasteiger partial charge < -0.3 is 10.4 Å². The molecule has 0 bridgehead atoms. The Bertz CT molecular complexity index is 245. The Kier molecular flexibility index (Phi) is 5.05. The number of nitrogens with one attached hydrogen (secondary N) is 1. The third-order valence-electron chi connectivity index (χ3n) is 4.40. The molecule has 17 heavy (non-hydrogen) atoms. The van der Waals surface area contributed by atoms with Crippen LogP contribution in [0.1, 0.15) is 51.9 Å². The topological polar surface area (TPSA) is 32.3 Å². The largest absolute Gasteiger partial charge is 0.396 e. The lowest BCUT2D eigenvalue weighted by Crippen LogP contribution is -2.41. The first kappa shape index (κ1) is 13.1. The smallest absolute Gasteiger partial charge is 0.0494 e. The van der Waals surface area contributed by atoms with Crippen molar-refractivity contribution in [2.45, 2.75) is 64.0 Å². The van der Waals surface area contributed by atoms with Gasteiger partial charge in [0, 0.05) is 24.6 Å². The highest BCUT2D eigenvalue weighted by Gasteiger charge is 2.27. The maximum absolute atomic E-state index is 9.15. The number of hydrogen-bond donors (Lipinski definition) is 2. The summed E-state index contributed by atoms with van der Waals surface area (Å²) in [4.78, 5) is 0. The van der Waals surface area contributed by atoms with Gasteiger partial charge in [0.1, 0.15) is 0 Å². The van der Waals surface area contributed by atoms with Gasteiger partial charge >= 0.3 is 0 Å². The molecule has 0 aromatic rings. The second kappa shape index (κ2) is 6.55. The molecule has 98 valence electrons. The Balaban J connectivity index is 1.83. The molecule has 2 nitrogen and oxygen atoms in total. The summed E-state index contributed by atoms with van der Waals surface area (Å²) >= 11 is 0. The van der Waals surface area contributed by atoms with Crippen molar-refractivity contribution in [3.05, 3.63) is 12.2 Å². The lowest BCUT2D eigenvalue weighted by atomic mass is 9.93. The first-order valence-electron chi connectivity index (χ1n) is 7.38. The van der Waals surface area contributed by atoms with Gasteiger partial charge in [-0.25, -0.2) is 0 Å². The van der Waals surface area contributed by atoms with E-state index in [1.807, 2.05) is 0 Å². The van der Waals surface area contributed by atoms with Gasteiger partial charge in [0.15, 0.2) is 0 Å². The molecule has 0 amide bonds. The lowest BCUT2D eigenvalue weighted by Gasteiger charge is -2.27. The van der Waals surface area contributed by atoms with Crippen LogP contribution < -0.4 is 5.32 Å². The van der Waals surface area contributed by atoms with Crippen molar-refractivity contribution in [3.8, 4) is 0 Å². The summed E-state index contributed by atoms with van der Waals surface area (Å²) in [5.41, 5.74) is 0. The summed E-state index contributed by atoms with van der Waals surface area (Å²) in [5.74, 6) is 1.29. The predicted molar refractivity (Wildman–Crippen MR) is 71.9 cm³/mol. The molecule has 0 aromatic heterocycles. The number of aliphatic hydroxyl groups is 1. The Morgan fingerprint density at radius 3 is 2.65 bits per heavy atom. The minimum atomic E-state index is 0.302. The first-order valence-corrected chi connectivity index (χ1v) is 7.38. The summed E-state index contributed by atoms with van der Waals surface area (Å²) in [6.45, 7) is 2.58. The van der Waals surface area contributed by atoms with Crippen LogP contribution in [0.15, 0.2) is 12.2 Å². The van der Waals surface area contributed by atoms with Crippen molar-refractivity contribution in [3.63, 3.8) is 0 Å². The quantitative estimate of drug-likeness (QED) is 0.696. The predicted octanol–water partition coefficient (Wildman–Crippen LogP) is 2.87. The summed E-state index contributed by atoms with van der Waals surface area (Å²) in [7, 11) is 0. The summed E-state index contributed by atoms with van der Waals surface area (Å²) in [5, 5.41) is 13.0. The zero-order valence-corrected chi connectivity index (χ0v) is 11.1. The maximum atomic E-state index is 9.15.